The Morgan fingerprint density at radius 1 is 1.09 bits per heavy atom. The van der Waals surface area contributed by atoms with Gasteiger partial charge < -0.3 is 5.73 Å². The second kappa shape index (κ2) is 14.3. The van der Waals surface area contributed by atoms with E-state index in [2.05, 4.69) is 37.2 Å². The summed E-state index contributed by atoms with van der Waals surface area (Å²) in [5, 5.41) is 0. The summed E-state index contributed by atoms with van der Waals surface area (Å²) in [4.78, 5) is 1.53. The molecule has 2 nitrogen and oxygen atoms in total. The molecule has 0 aromatic rings. The maximum absolute atomic E-state index is 5.92. The zero-order valence-electron chi connectivity index (χ0n) is 15.5. The van der Waals surface area contributed by atoms with Crippen LogP contribution in [-0.4, -0.2) is 23.4 Å². The zero-order chi connectivity index (χ0) is 16.8. The van der Waals surface area contributed by atoms with Crippen molar-refractivity contribution in [3.63, 3.8) is 0 Å². The SMILES string of the molecule is CC.CCC.CCCC1=CC=C(SN2CCC(N)CC2)CC1. The third-order valence-corrected chi connectivity index (χ3v) is 4.71. The van der Waals surface area contributed by atoms with Gasteiger partial charge in [0.15, 0.2) is 0 Å². The Bertz CT molecular complexity index is 315. The van der Waals surface area contributed by atoms with E-state index < -0.39 is 0 Å². The van der Waals surface area contributed by atoms with Gasteiger partial charge in [-0.05, 0) is 44.1 Å². The first-order valence-electron chi connectivity index (χ1n) is 9.26. The van der Waals surface area contributed by atoms with Gasteiger partial charge in [0.2, 0.25) is 0 Å². The van der Waals surface area contributed by atoms with Crippen LogP contribution in [0, 0.1) is 0 Å². The zero-order valence-corrected chi connectivity index (χ0v) is 16.3. The van der Waals surface area contributed by atoms with Gasteiger partial charge in [0.1, 0.15) is 0 Å². The molecule has 0 aromatic carbocycles. The van der Waals surface area contributed by atoms with Crippen molar-refractivity contribution in [1.82, 2.24) is 4.31 Å². The molecule has 1 fully saturated rings. The van der Waals surface area contributed by atoms with Crippen molar-refractivity contribution in [2.24, 2.45) is 5.73 Å². The topological polar surface area (TPSA) is 29.3 Å². The monoisotopic (exact) mass is 326 g/mol. The largest absolute Gasteiger partial charge is 0.328 e. The second-order valence-electron chi connectivity index (χ2n) is 5.77. The van der Waals surface area contributed by atoms with E-state index in [1.165, 1.54) is 37.0 Å². The van der Waals surface area contributed by atoms with Gasteiger partial charge in [-0.2, -0.15) is 0 Å². The van der Waals surface area contributed by atoms with Gasteiger partial charge in [0, 0.05) is 24.0 Å². The summed E-state index contributed by atoms with van der Waals surface area (Å²) in [6, 6.07) is 0.434. The Hall–Kier alpha value is -0.250. The van der Waals surface area contributed by atoms with Crippen LogP contribution >= 0.6 is 11.9 Å². The summed E-state index contributed by atoms with van der Waals surface area (Å²) in [5.74, 6) is 0. The Labute approximate surface area is 143 Å². The van der Waals surface area contributed by atoms with Crippen molar-refractivity contribution in [2.45, 2.75) is 85.6 Å². The van der Waals surface area contributed by atoms with E-state index in [-0.39, 0.29) is 0 Å². The van der Waals surface area contributed by atoms with Crippen molar-refractivity contribution >= 4 is 11.9 Å². The van der Waals surface area contributed by atoms with Crippen molar-refractivity contribution in [3.05, 3.63) is 22.6 Å². The fraction of sp³-hybridized carbons (Fsp3) is 0.789. The van der Waals surface area contributed by atoms with Gasteiger partial charge in [0.25, 0.3) is 0 Å². The standard InChI is InChI=1S/C14H24N2S.C3H8.C2H6/c1-2-3-12-4-6-14(7-5-12)17-16-10-8-13(15)9-11-16;1-3-2;1-2/h4,6,13H,2-3,5,7-11,15H2,1H3;3H2,1-2H3;1-2H3. The summed E-state index contributed by atoms with van der Waals surface area (Å²) < 4.78 is 2.48. The Morgan fingerprint density at radius 2 is 1.68 bits per heavy atom. The van der Waals surface area contributed by atoms with Crippen LogP contribution in [0.2, 0.25) is 0 Å². The summed E-state index contributed by atoms with van der Waals surface area (Å²) in [6.07, 6.45) is 13.3. The lowest BCUT2D eigenvalue weighted by molar-refractivity contribution is 0.347. The molecule has 0 spiro atoms. The smallest absolute Gasteiger partial charge is 0.0107 e. The van der Waals surface area contributed by atoms with E-state index in [9.17, 15) is 0 Å². The predicted molar refractivity (Wildman–Crippen MR) is 104 cm³/mol. The molecule has 2 N–H and O–H groups in total. The van der Waals surface area contributed by atoms with Crippen molar-refractivity contribution in [3.8, 4) is 0 Å². The highest BCUT2D eigenvalue weighted by atomic mass is 32.2. The molecule has 0 radical (unpaired) electrons. The maximum atomic E-state index is 5.92. The van der Waals surface area contributed by atoms with Gasteiger partial charge in [-0.15, -0.1) is 0 Å². The molecule has 0 unspecified atom stereocenters. The maximum Gasteiger partial charge on any atom is 0.0107 e. The van der Waals surface area contributed by atoms with E-state index in [4.69, 9.17) is 5.73 Å². The lowest BCUT2D eigenvalue weighted by Crippen LogP contribution is -2.36. The number of rotatable bonds is 4. The van der Waals surface area contributed by atoms with Crippen LogP contribution in [0.3, 0.4) is 0 Å². The van der Waals surface area contributed by atoms with Crippen LogP contribution < -0.4 is 5.73 Å². The summed E-state index contributed by atoms with van der Waals surface area (Å²) in [5.41, 5.74) is 7.54. The molecule has 0 atom stereocenters. The highest BCUT2D eigenvalue weighted by Crippen LogP contribution is 2.32. The average Bonchev–Trinajstić information content (AvgIpc) is 2.54. The summed E-state index contributed by atoms with van der Waals surface area (Å²) in [7, 11) is 0. The minimum absolute atomic E-state index is 0.434. The molecule has 1 aliphatic heterocycles. The molecule has 0 amide bonds. The van der Waals surface area contributed by atoms with E-state index >= 15 is 0 Å². The van der Waals surface area contributed by atoms with E-state index in [0.717, 1.165) is 25.9 Å². The number of hydrogen-bond donors (Lipinski definition) is 1. The summed E-state index contributed by atoms with van der Waals surface area (Å²) >= 11 is 1.96. The van der Waals surface area contributed by atoms with Crippen LogP contribution in [0.1, 0.15) is 79.6 Å². The summed E-state index contributed by atoms with van der Waals surface area (Å²) in [6.45, 7) is 12.8. The molecule has 1 aliphatic carbocycles. The highest BCUT2D eigenvalue weighted by Gasteiger charge is 2.18. The molecule has 1 saturated heterocycles. The molecule has 22 heavy (non-hydrogen) atoms. The molecule has 3 heteroatoms. The van der Waals surface area contributed by atoms with Gasteiger partial charge in [-0.25, -0.2) is 4.31 Å². The fourth-order valence-electron chi connectivity index (χ4n) is 2.40. The lowest BCUT2D eigenvalue weighted by atomic mass is 10.0. The van der Waals surface area contributed by atoms with Crippen molar-refractivity contribution in [1.29, 1.82) is 0 Å². The number of piperidine rings is 1. The highest BCUT2D eigenvalue weighted by molar-refractivity contribution is 8.00. The molecular weight excluding hydrogens is 288 g/mol. The number of nitrogens with zero attached hydrogens (tertiary/aromatic N) is 1. The van der Waals surface area contributed by atoms with Crippen LogP contribution in [0.25, 0.3) is 0 Å². The Kier molecular flexibility index (Phi) is 14.2. The van der Waals surface area contributed by atoms with Crippen LogP contribution in [0.5, 0.6) is 0 Å². The normalized spacial score (nSPS) is 19.2. The predicted octanol–water partition coefficient (Wildman–Crippen LogP) is 5.90. The second-order valence-corrected chi connectivity index (χ2v) is 7.00. The Morgan fingerprint density at radius 3 is 2.14 bits per heavy atom. The molecule has 0 saturated carbocycles. The van der Waals surface area contributed by atoms with Crippen molar-refractivity contribution in [2.75, 3.05) is 13.1 Å². The molecule has 1 heterocycles. The first-order chi connectivity index (χ1) is 10.7. The number of hydrogen-bond acceptors (Lipinski definition) is 3. The third-order valence-electron chi connectivity index (χ3n) is 3.51. The minimum Gasteiger partial charge on any atom is -0.328 e. The van der Waals surface area contributed by atoms with Crippen LogP contribution in [0.15, 0.2) is 22.6 Å². The molecule has 2 aliphatic rings. The van der Waals surface area contributed by atoms with Gasteiger partial charge in [-0.3, -0.25) is 0 Å². The average molecular weight is 327 g/mol. The lowest BCUT2D eigenvalue weighted by Gasteiger charge is -2.30. The number of allylic oxidation sites excluding steroid dienone is 4. The molecular formula is C19H38N2S. The Balaban J connectivity index is 0.000000789. The first-order valence-corrected chi connectivity index (χ1v) is 10.0. The fourth-order valence-corrected chi connectivity index (χ4v) is 3.45. The van der Waals surface area contributed by atoms with E-state index in [1.807, 2.05) is 25.8 Å². The van der Waals surface area contributed by atoms with E-state index in [1.54, 1.807) is 5.57 Å². The molecule has 2 rings (SSSR count). The van der Waals surface area contributed by atoms with Gasteiger partial charge >= 0.3 is 0 Å². The van der Waals surface area contributed by atoms with Crippen molar-refractivity contribution < 1.29 is 0 Å². The van der Waals surface area contributed by atoms with Gasteiger partial charge in [0.05, 0.1) is 0 Å². The van der Waals surface area contributed by atoms with Crippen LogP contribution in [-0.2, 0) is 0 Å². The molecule has 130 valence electrons. The third kappa shape index (κ3) is 9.70. The molecule has 0 bridgehead atoms. The van der Waals surface area contributed by atoms with E-state index in [0.29, 0.717) is 6.04 Å². The minimum atomic E-state index is 0.434. The van der Waals surface area contributed by atoms with Gasteiger partial charge in [-0.1, -0.05) is 65.2 Å². The molecule has 0 aromatic heterocycles. The number of nitrogens with two attached hydrogens (primary N) is 1. The van der Waals surface area contributed by atoms with Crippen LogP contribution in [0.4, 0.5) is 0 Å². The quantitative estimate of drug-likeness (QED) is 0.652. The first kappa shape index (κ1) is 21.8.